The van der Waals surface area contributed by atoms with Gasteiger partial charge in [-0.2, -0.15) is 0 Å². The van der Waals surface area contributed by atoms with Crippen molar-refractivity contribution in [3.8, 4) is 5.75 Å². The fraction of sp³-hybridized carbons (Fsp3) is 0.154. The number of nitrogens with one attached hydrogen (secondary N) is 1. The second-order valence-corrected chi connectivity index (χ2v) is 7.71. The predicted octanol–water partition coefficient (Wildman–Crippen LogP) is 6.68. The molecule has 0 spiro atoms. The van der Waals surface area contributed by atoms with Gasteiger partial charge in [0.1, 0.15) is 24.0 Å². The summed E-state index contributed by atoms with van der Waals surface area (Å²) in [6, 6.07) is 23.1. The highest BCUT2D eigenvalue weighted by molar-refractivity contribution is 6.31. The molecular formula is C26H22ClF2NO. The summed E-state index contributed by atoms with van der Waals surface area (Å²) in [5.41, 5.74) is 2.41. The van der Waals surface area contributed by atoms with Crippen molar-refractivity contribution in [3.63, 3.8) is 0 Å². The lowest BCUT2D eigenvalue weighted by Crippen LogP contribution is -2.17. The summed E-state index contributed by atoms with van der Waals surface area (Å²) in [6.45, 7) is 1.36. The average Bonchev–Trinajstić information content (AvgIpc) is 2.78. The number of benzene rings is 4. The van der Waals surface area contributed by atoms with Crippen LogP contribution in [0.1, 0.15) is 16.7 Å². The van der Waals surface area contributed by atoms with Crippen LogP contribution < -0.4 is 10.1 Å². The monoisotopic (exact) mass is 437 g/mol. The van der Waals surface area contributed by atoms with Crippen molar-refractivity contribution in [1.82, 2.24) is 5.32 Å². The van der Waals surface area contributed by atoms with Crippen molar-refractivity contribution >= 4 is 22.4 Å². The molecule has 0 atom stereocenters. The summed E-state index contributed by atoms with van der Waals surface area (Å²) in [7, 11) is 0. The third kappa shape index (κ3) is 5.22. The largest absolute Gasteiger partial charge is 0.488 e. The molecule has 0 unspecified atom stereocenters. The Morgan fingerprint density at radius 2 is 1.61 bits per heavy atom. The van der Waals surface area contributed by atoms with Gasteiger partial charge in [0.25, 0.3) is 0 Å². The van der Waals surface area contributed by atoms with Crippen molar-refractivity contribution < 1.29 is 13.5 Å². The Balaban J connectivity index is 1.50. The van der Waals surface area contributed by atoms with Gasteiger partial charge in [-0.3, -0.25) is 0 Å². The lowest BCUT2D eigenvalue weighted by Gasteiger charge is -2.16. The van der Waals surface area contributed by atoms with Gasteiger partial charge in [-0.15, -0.1) is 0 Å². The highest BCUT2D eigenvalue weighted by Crippen LogP contribution is 2.30. The zero-order valence-electron chi connectivity index (χ0n) is 16.9. The second-order valence-electron chi connectivity index (χ2n) is 7.31. The van der Waals surface area contributed by atoms with Gasteiger partial charge in [-0.25, -0.2) is 8.78 Å². The second kappa shape index (κ2) is 9.90. The highest BCUT2D eigenvalue weighted by Gasteiger charge is 2.12. The zero-order valence-corrected chi connectivity index (χ0v) is 17.6. The Kier molecular flexibility index (Phi) is 6.80. The maximum atomic E-state index is 14.1. The van der Waals surface area contributed by atoms with E-state index in [1.54, 1.807) is 24.3 Å². The molecule has 0 aliphatic heterocycles. The van der Waals surface area contributed by atoms with Crippen LogP contribution in [0.3, 0.4) is 0 Å². The number of ether oxygens (including phenoxy) is 1. The Bertz CT molecular complexity index is 1160. The molecule has 0 heterocycles. The molecule has 0 saturated heterocycles. The third-order valence-electron chi connectivity index (χ3n) is 5.24. The Labute approximate surface area is 185 Å². The first-order valence-corrected chi connectivity index (χ1v) is 10.5. The first-order valence-electron chi connectivity index (χ1n) is 10.1. The molecule has 0 bridgehead atoms. The Morgan fingerprint density at radius 3 is 2.42 bits per heavy atom. The van der Waals surface area contributed by atoms with Gasteiger partial charge >= 0.3 is 0 Å². The minimum Gasteiger partial charge on any atom is -0.488 e. The average molecular weight is 438 g/mol. The van der Waals surface area contributed by atoms with Gasteiger partial charge in [-0.1, -0.05) is 60.1 Å². The van der Waals surface area contributed by atoms with Crippen LogP contribution in [0.2, 0.25) is 5.02 Å². The van der Waals surface area contributed by atoms with Gasteiger partial charge in [0, 0.05) is 17.7 Å². The molecule has 4 aromatic rings. The normalized spacial score (nSPS) is 11.1. The lowest BCUT2D eigenvalue weighted by atomic mass is 10.0. The van der Waals surface area contributed by atoms with Gasteiger partial charge in [0.05, 0.1) is 5.02 Å². The molecule has 158 valence electrons. The molecule has 0 radical (unpaired) electrons. The first-order chi connectivity index (χ1) is 15.1. The Morgan fingerprint density at radius 1 is 0.806 bits per heavy atom. The van der Waals surface area contributed by atoms with Crippen LogP contribution in [0.4, 0.5) is 8.78 Å². The van der Waals surface area contributed by atoms with Crippen LogP contribution in [0.25, 0.3) is 10.8 Å². The predicted molar refractivity (Wildman–Crippen MR) is 122 cm³/mol. The molecule has 0 aromatic heterocycles. The number of halogens is 3. The van der Waals surface area contributed by atoms with E-state index in [0.717, 1.165) is 34.9 Å². The van der Waals surface area contributed by atoms with Gasteiger partial charge in [-0.05, 0) is 59.6 Å². The smallest absolute Gasteiger partial charge is 0.131 e. The number of fused-ring (bicyclic) bond motifs is 1. The Hall–Kier alpha value is -2.95. The summed E-state index contributed by atoms with van der Waals surface area (Å²) < 4.78 is 33.2. The third-order valence-corrected chi connectivity index (χ3v) is 5.59. The van der Waals surface area contributed by atoms with Crippen molar-refractivity contribution in [2.45, 2.75) is 19.6 Å². The fourth-order valence-corrected chi connectivity index (χ4v) is 3.77. The molecule has 0 aliphatic carbocycles. The fourth-order valence-electron chi connectivity index (χ4n) is 3.55. The summed E-state index contributed by atoms with van der Waals surface area (Å²) in [4.78, 5) is 0. The maximum absolute atomic E-state index is 14.1. The van der Waals surface area contributed by atoms with Crippen molar-refractivity contribution in [2.24, 2.45) is 0 Å². The van der Waals surface area contributed by atoms with E-state index in [0.29, 0.717) is 22.9 Å². The van der Waals surface area contributed by atoms with E-state index < -0.39 is 0 Å². The van der Waals surface area contributed by atoms with Crippen molar-refractivity contribution in [2.75, 3.05) is 6.54 Å². The van der Waals surface area contributed by atoms with E-state index in [9.17, 15) is 8.78 Å². The maximum Gasteiger partial charge on any atom is 0.131 e. The lowest BCUT2D eigenvalue weighted by molar-refractivity contribution is 0.296. The summed E-state index contributed by atoms with van der Waals surface area (Å²) >= 11 is 6.15. The van der Waals surface area contributed by atoms with Crippen LogP contribution in [-0.2, 0) is 19.6 Å². The van der Waals surface area contributed by atoms with E-state index >= 15 is 0 Å². The number of hydrogen-bond acceptors (Lipinski definition) is 2. The summed E-state index contributed by atoms with van der Waals surface area (Å²) in [6.07, 6.45) is 0.784. The molecule has 4 rings (SSSR count). The number of rotatable bonds is 8. The topological polar surface area (TPSA) is 21.3 Å². The van der Waals surface area contributed by atoms with E-state index in [1.807, 2.05) is 24.3 Å². The molecular weight excluding hydrogens is 416 g/mol. The zero-order chi connectivity index (χ0) is 21.6. The SMILES string of the molecule is Fc1ccc(CCNCc2c(OCc3c(F)cccc3Cl)ccc3ccccc23)cc1. The first kappa shape index (κ1) is 21.3. The van der Waals surface area contributed by atoms with E-state index in [-0.39, 0.29) is 18.2 Å². The van der Waals surface area contributed by atoms with Crippen LogP contribution in [0.15, 0.2) is 78.9 Å². The molecule has 31 heavy (non-hydrogen) atoms. The van der Waals surface area contributed by atoms with Crippen molar-refractivity contribution in [3.05, 3.63) is 112 Å². The quantitative estimate of drug-likeness (QED) is 0.310. The minimum atomic E-state index is -0.382. The molecule has 0 aliphatic rings. The molecule has 0 amide bonds. The van der Waals surface area contributed by atoms with Crippen LogP contribution in [-0.4, -0.2) is 6.54 Å². The van der Waals surface area contributed by atoms with Crippen LogP contribution >= 0.6 is 11.6 Å². The molecule has 1 N–H and O–H groups in total. The van der Waals surface area contributed by atoms with E-state index in [2.05, 4.69) is 17.4 Å². The van der Waals surface area contributed by atoms with E-state index in [1.165, 1.54) is 18.2 Å². The summed E-state index contributed by atoms with van der Waals surface area (Å²) in [5.74, 6) is 0.0729. The standard InChI is InChI=1S/C26H22ClF2NO/c27-24-6-3-7-25(29)23(24)17-31-26-13-10-19-4-1-2-5-21(19)22(26)16-30-15-14-18-8-11-20(28)12-9-18/h1-13,30H,14-17H2. The molecule has 4 aromatic carbocycles. The van der Waals surface area contributed by atoms with Crippen LogP contribution in [0.5, 0.6) is 5.75 Å². The van der Waals surface area contributed by atoms with Crippen LogP contribution in [0, 0.1) is 11.6 Å². The van der Waals surface area contributed by atoms with Gasteiger partial charge < -0.3 is 10.1 Å². The highest BCUT2D eigenvalue weighted by atomic mass is 35.5. The molecule has 0 saturated carbocycles. The molecule has 5 heteroatoms. The van der Waals surface area contributed by atoms with Crippen molar-refractivity contribution in [1.29, 1.82) is 0 Å². The minimum absolute atomic E-state index is 0.0480. The van der Waals surface area contributed by atoms with Gasteiger partial charge in [0.15, 0.2) is 0 Å². The molecule has 2 nitrogen and oxygen atoms in total. The molecule has 0 fully saturated rings. The summed E-state index contributed by atoms with van der Waals surface area (Å²) in [5, 5.41) is 5.97. The number of hydrogen-bond donors (Lipinski definition) is 1. The van der Waals surface area contributed by atoms with E-state index in [4.69, 9.17) is 16.3 Å². The van der Waals surface area contributed by atoms with Gasteiger partial charge in [0.2, 0.25) is 0 Å².